The average molecular weight is 397 g/mol. The number of thiazole rings is 1. The zero-order valence-electron chi connectivity index (χ0n) is 14.8. The number of halogens is 1. The molecule has 2 rings (SSSR count). The molecule has 2 N–H and O–H groups in total. The van der Waals surface area contributed by atoms with Gasteiger partial charge in [0.15, 0.2) is 6.10 Å². The summed E-state index contributed by atoms with van der Waals surface area (Å²) in [5.74, 6) is -1.38. The molecule has 0 aliphatic heterocycles. The standard InChI is InChI=1S/C18H21ClN2O4S/c1-10(2)25-14(18(23)24)8-9-20-16(22)15-11(3)26-17(21-15)12-6-4-5-7-13(12)19/h4-7,10,14H,8-9H2,1-3H3,(H,20,22)(H,23,24). The third kappa shape index (κ3) is 5.27. The molecule has 0 aliphatic carbocycles. The first-order valence-corrected chi connectivity index (χ1v) is 9.37. The number of nitrogens with zero attached hydrogens (tertiary/aromatic N) is 1. The van der Waals surface area contributed by atoms with Crippen LogP contribution in [0, 0.1) is 6.92 Å². The van der Waals surface area contributed by atoms with Crippen LogP contribution in [-0.4, -0.2) is 40.7 Å². The molecule has 1 heterocycles. The molecule has 2 aromatic rings. The molecular formula is C18H21ClN2O4S. The molecule has 140 valence electrons. The number of aromatic nitrogens is 1. The maximum Gasteiger partial charge on any atom is 0.332 e. The van der Waals surface area contributed by atoms with Crippen molar-refractivity contribution in [1.29, 1.82) is 0 Å². The van der Waals surface area contributed by atoms with Gasteiger partial charge in [-0.2, -0.15) is 0 Å². The summed E-state index contributed by atoms with van der Waals surface area (Å²) < 4.78 is 5.32. The highest BCUT2D eigenvalue weighted by molar-refractivity contribution is 7.15. The molecule has 26 heavy (non-hydrogen) atoms. The zero-order valence-corrected chi connectivity index (χ0v) is 16.4. The number of carboxylic acid groups (broad SMARTS) is 1. The van der Waals surface area contributed by atoms with Crippen LogP contribution < -0.4 is 5.32 Å². The van der Waals surface area contributed by atoms with Crippen molar-refractivity contribution in [2.45, 2.75) is 39.4 Å². The molecule has 1 unspecified atom stereocenters. The summed E-state index contributed by atoms with van der Waals surface area (Å²) in [7, 11) is 0. The van der Waals surface area contributed by atoms with E-state index in [0.29, 0.717) is 15.7 Å². The predicted octanol–water partition coefficient (Wildman–Crippen LogP) is 3.77. The Hall–Kier alpha value is -1.96. The molecule has 6 nitrogen and oxygen atoms in total. The average Bonchev–Trinajstić information content (AvgIpc) is 2.95. The quantitative estimate of drug-likeness (QED) is 0.709. The van der Waals surface area contributed by atoms with Crippen molar-refractivity contribution in [1.82, 2.24) is 10.3 Å². The Balaban J connectivity index is 2.02. The maximum atomic E-state index is 12.4. The van der Waals surface area contributed by atoms with Gasteiger partial charge in [-0.15, -0.1) is 11.3 Å². The van der Waals surface area contributed by atoms with Crippen LogP contribution in [0.4, 0.5) is 0 Å². The van der Waals surface area contributed by atoms with Gasteiger partial charge in [-0.3, -0.25) is 4.79 Å². The van der Waals surface area contributed by atoms with Crippen LogP contribution in [0.5, 0.6) is 0 Å². The summed E-state index contributed by atoms with van der Waals surface area (Å²) in [5.41, 5.74) is 1.10. The number of ether oxygens (including phenoxy) is 1. The van der Waals surface area contributed by atoms with E-state index in [0.717, 1.165) is 10.4 Å². The fourth-order valence-electron chi connectivity index (χ4n) is 2.34. The number of aryl methyl sites for hydroxylation is 1. The number of aliphatic carboxylic acids is 1. The van der Waals surface area contributed by atoms with E-state index in [1.54, 1.807) is 19.9 Å². The molecule has 0 fully saturated rings. The van der Waals surface area contributed by atoms with Crippen molar-refractivity contribution in [2.24, 2.45) is 0 Å². The third-order valence-electron chi connectivity index (χ3n) is 3.52. The van der Waals surface area contributed by atoms with Gasteiger partial charge in [-0.05, 0) is 26.8 Å². The van der Waals surface area contributed by atoms with Crippen molar-refractivity contribution in [3.8, 4) is 10.6 Å². The van der Waals surface area contributed by atoms with E-state index in [4.69, 9.17) is 21.4 Å². The van der Waals surface area contributed by atoms with E-state index in [-0.39, 0.29) is 25.0 Å². The second-order valence-corrected chi connectivity index (χ2v) is 7.57. The Kier molecular flexibility index (Phi) is 7.14. The van der Waals surface area contributed by atoms with Gasteiger partial charge < -0.3 is 15.2 Å². The highest BCUT2D eigenvalue weighted by Crippen LogP contribution is 2.32. The van der Waals surface area contributed by atoms with E-state index < -0.39 is 12.1 Å². The van der Waals surface area contributed by atoms with Gasteiger partial charge in [0.2, 0.25) is 0 Å². The summed E-state index contributed by atoms with van der Waals surface area (Å²) in [6, 6.07) is 7.31. The number of carbonyl (C=O) groups is 2. The van der Waals surface area contributed by atoms with E-state index in [1.165, 1.54) is 11.3 Å². The maximum absolute atomic E-state index is 12.4. The van der Waals surface area contributed by atoms with Crippen LogP contribution >= 0.6 is 22.9 Å². The number of carboxylic acids is 1. The van der Waals surface area contributed by atoms with Gasteiger partial charge in [0.05, 0.1) is 11.1 Å². The van der Waals surface area contributed by atoms with E-state index >= 15 is 0 Å². The van der Waals surface area contributed by atoms with Crippen molar-refractivity contribution < 1.29 is 19.4 Å². The number of carbonyl (C=O) groups excluding carboxylic acids is 1. The lowest BCUT2D eigenvalue weighted by atomic mass is 10.2. The van der Waals surface area contributed by atoms with Crippen LogP contribution in [0.3, 0.4) is 0 Å². The molecule has 0 bridgehead atoms. The smallest absolute Gasteiger partial charge is 0.332 e. The van der Waals surface area contributed by atoms with Crippen molar-refractivity contribution in [3.63, 3.8) is 0 Å². The van der Waals surface area contributed by atoms with Crippen LogP contribution in [0.2, 0.25) is 5.02 Å². The van der Waals surface area contributed by atoms with Gasteiger partial charge in [0, 0.05) is 23.4 Å². The van der Waals surface area contributed by atoms with Gasteiger partial charge in [0.1, 0.15) is 10.7 Å². The normalized spacial score (nSPS) is 12.2. The minimum Gasteiger partial charge on any atom is -0.479 e. The molecule has 1 aromatic heterocycles. The highest BCUT2D eigenvalue weighted by Gasteiger charge is 2.21. The summed E-state index contributed by atoms with van der Waals surface area (Å²) in [6.45, 7) is 5.53. The lowest BCUT2D eigenvalue weighted by molar-refractivity contribution is -0.153. The largest absolute Gasteiger partial charge is 0.479 e. The Morgan fingerprint density at radius 2 is 2.04 bits per heavy atom. The number of rotatable bonds is 8. The minimum atomic E-state index is -1.04. The molecule has 0 saturated carbocycles. The van der Waals surface area contributed by atoms with Crippen LogP contribution in [-0.2, 0) is 9.53 Å². The highest BCUT2D eigenvalue weighted by atomic mass is 35.5. The Bertz CT molecular complexity index is 791. The molecular weight excluding hydrogens is 376 g/mol. The number of hydrogen-bond acceptors (Lipinski definition) is 5. The summed E-state index contributed by atoms with van der Waals surface area (Å²) >= 11 is 7.57. The lowest BCUT2D eigenvalue weighted by Gasteiger charge is -2.16. The lowest BCUT2D eigenvalue weighted by Crippen LogP contribution is -2.33. The Morgan fingerprint density at radius 1 is 1.35 bits per heavy atom. The summed E-state index contributed by atoms with van der Waals surface area (Å²) in [5, 5.41) is 13.1. The van der Waals surface area contributed by atoms with Crippen LogP contribution in [0.15, 0.2) is 24.3 Å². The SMILES string of the molecule is Cc1sc(-c2ccccc2Cl)nc1C(=O)NCCC(OC(C)C)C(=O)O. The summed E-state index contributed by atoms with van der Waals surface area (Å²) in [6.07, 6.45) is -0.976. The third-order valence-corrected chi connectivity index (χ3v) is 4.85. The predicted molar refractivity (Wildman–Crippen MR) is 102 cm³/mol. The van der Waals surface area contributed by atoms with E-state index in [9.17, 15) is 9.59 Å². The topological polar surface area (TPSA) is 88.5 Å². The molecule has 0 aliphatic rings. The van der Waals surface area contributed by atoms with Gasteiger partial charge >= 0.3 is 5.97 Å². The second-order valence-electron chi connectivity index (χ2n) is 5.96. The number of nitrogens with one attached hydrogen (secondary N) is 1. The molecule has 0 saturated heterocycles. The Morgan fingerprint density at radius 3 is 2.65 bits per heavy atom. The molecule has 1 atom stereocenters. The number of amides is 1. The first-order chi connectivity index (χ1) is 12.3. The van der Waals surface area contributed by atoms with Crippen LogP contribution in [0.25, 0.3) is 10.6 Å². The van der Waals surface area contributed by atoms with Gasteiger partial charge in [-0.1, -0.05) is 29.8 Å². The molecule has 0 radical (unpaired) electrons. The first kappa shape index (κ1) is 20.4. The number of hydrogen-bond donors (Lipinski definition) is 2. The fraction of sp³-hybridized carbons (Fsp3) is 0.389. The van der Waals surface area contributed by atoms with Crippen molar-refractivity contribution >= 4 is 34.8 Å². The first-order valence-electron chi connectivity index (χ1n) is 8.18. The van der Waals surface area contributed by atoms with Gasteiger partial charge in [0.25, 0.3) is 5.91 Å². The zero-order chi connectivity index (χ0) is 19.3. The Labute approximate surface area is 161 Å². The number of benzene rings is 1. The fourth-order valence-corrected chi connectivity index (χ4v) is 3.57. The van der Waals surface area contributed by atoms with Crippen molar-refractivity contribution in [3.05, 3.63) is 39.9 Å². The van der Waals surface area contributed by atoms with E-state index in [2.05, 4.69) is 10.3 Å². The minimum absolute atomic E-state index is 0.180. The molecule has 1 amide bonds. The van der Waals surface area contributed by atoms with Crippen molar-refractivity contribution in [2.75, 3.05) is 6.54 Å². The monoisotopic (exact) mass is 396 g/mol. The van der Waals surface area contributed by atoms with Crippen LogP contribution in [0.1, 0.15) is 35.6 Å². The summed E-state index contributed by atoms with van der Waals surface area (Å²) in [4.78, 5) is 28.7. The molecule has 0 spiro atoms. The molecule has 8 heteroatoms. The van der Waals surface area contributed by atoms with E-state index in [1.807, 2.05) is 25.1 Å². The molecule has 1 aromatic carbocycles. The van der Waals surface area contributed by atoms with Gasteiger partial charge in [-0.25, -0.2) is 9.78 Å². The second kappa shape index (κ2) is 9.12.